The molecule has 3 aromatic heterocycles. The van der Waals surface area contributed by atoms with Gasteiger partial charge in [0.05, 0.1) is 17.1 Å². The molecule has 0 radical (unpaired) electrons. The molecule has 1 aliphatic carbocycles. The van der Waals surface area contributed by atoms with Crippen molar-refractivity contribution in [3.63, 3.8) is 0 Å². The van der Waals surface area contributed by atoms with Gasteiger partial charge in [0.1, 0.15) is 0 Å². The minimum Gasteiger partial charge on any atom is -0.256 e. The van der Waals surface area contributed by atoms with Crippen LogP contribution < -0.4 is 0 Å². The number of hydrogen-bond donors (Lipinski definition) is 0. The van der Waals surface area contributed by atoms with Crippen molar-refractivity contribution in [1.82, 2.24) is 15.0 Å². The Morgan fingerprint density at radius 2 is 0.970 bits per heavy atom. The van der Waals surface area contributed by atoms with Gasteiger partial charge in [0.25, 0.3) is 0 Å². The molecule has 67 heavy (non-hydrogen) atoms. The standard InChI is InChI=1S/C64H67N3/c1-62(2,3)55-24-16-23-53(38-55)61-39-58(50-29-27-49(28-30-50)48-17-14-15-18-48)54(42-65-61)26-25-45-35-46(40-63(4,5)56-31-33-59(66-43-56)51-19-10-8-11-20-51)37-47(36-45)41-64(6,7)57-32-34-60(67-44-57)52-21-12-9-13-22-52/h8-13,16,19-24,27-39,42-44,48H,14-15,17-18,25-26,40-41H2,1-7H3/i25D2,26D2. The van der Waals surface area contributed by atoms with Gasteiger partial charge in [-0.25, -0.2) is 0 Å². The van der Waals surface area contributed by atoms with Crippen molar-refractivity contribution < 1.29 is 5.48 Å². The fraction of sp³-hybridized carbons (Fsp3) is 0.297. The van der Waals surface area contributed by atoms with Crippen molar-refractivity contribution in [1.29, 1.82) is 0 Å². The fourth-order valence-corrected chi connectivity index (χ4v) is 9.84. The van der Waals surface area contributed by atoms with Gasteiger partial charge in [-0.3, -0.25) is 15.0 Å². The van der Waals surface area contributed by atoms with Crippen LogP contribution in [0.1, 0.15) is 130 Å². The second kappa shape index (κ2) is 19.4. The summed E-state index contributed by atoms with van der Waals surface area (Å²) in [7, 11) is 0. The molecule has 338 valence electrons. The maximum Gasteiger partial charge on any atom is 0.0708 e. The van der Waals surface area contributed by atoms with E-state index in [0.717, 1.165) is 61.6 Å². The summed E-state index contributed by atoms with van der Waals surface area (Å²) >= 11 is 0. The average molecular weight is 882 g/mol. The van der Waals surface area contributed by atoms with Gasteiger partial charge in [-0.05, 0) is 140 Å². The fourth-order valence-electron chi connectivity index (χ4n) is 9.84. The van der Waals surface area contributed by atoms with Crippen LogP contribution in [0, 0.1) is 0 Å². The third-order valence-electron chi connectivity index (χ3n) is 13.9. The largest absolute Gasteiger partial charge is 0.256 e. The maximum atomic E-state index is 10.1. The minimum absolute atomic E-state index is 0.0754. The minimum atomic E-state index is -2.51. The monoisotopic (exact) mass is 882 g/mol. The van der Waals surface area contributed by atoms with Crippen LogP contribution in [0.2, 0.25) is 0 Å². The first-order chi connectivity index (χ1) is 33.8. The van der Waals surface area contributed by atoms with Crippen LogP contribution >= 0.6 is 0 Å². The van der Waals surface area contributed by atoms with E-state index in [0.29, 0.717) is 29.9 Å². The Hall–Kier alpha value is -6.45. The Kier molecular flexibility index (Phi) is 11.8. The summed E-state index contributed by atoms with van der Waals surface area (Å²) in [6.07, 6.45) is 6.50. The Bertz CT molecular complexity index is 2980. The molecule has 0 unspecified atom stereocenters. The lowest BCUT2D eigenvalue weighted by Crippen LogP contribution is -2.23. The van der Waals surface area contributed by atoms with Crippen molar-refractivity contribution in [2.75, 3.05) is 0 Å². The second-order valence-electron chi connectivity index (χ2n) is 21.1. The summed E-state index contributed by atoms with van der Waals surface area (Å²) in [5.41, 5.74) is 13.2. The Balaban J connectivity index is 1.12. The van der Waals surface area contributed by atoms with Crippen molar-refractivity contribution in [3.05, 3.63) is 221 Å². The Labute approximate surface area is 406 Å². The van der Waals surface area contributed by atoms with Crippen molar-refractivity contribution in [2.45, 2.75) is 122 Å². The molecule has 0 aliphatic heterocycles. The van der Waals surface area contributed by atoms with Crippen molar-refractivity contribution >= 4 is 0 Å². The Morgan fingerprint density at radius 1 is 0.448 bits per heavy atom. The van der Waals surface area contributed by atoms with Gasteiger partial charge in [0, 0.05) is 40.8 Å². The number of aromatic nitrogens is 3. The molecule has 1 fully saturated rings. The summed E-state index contributed by atoms with van der Waals surface area (Å²) in [4.78, 5) is 14.7. The van der Waals surface area contributed by atoms with E-state index in [2.05, 4.69) is 152 Å². The number of pyridine rings is 3. The highest BCUT2D eigenvalue weighted by atomic mass is 14.7. The van der Waals surface area contributed by atoms with E-state index < -0.39 is 23.6 Å². The van der Waals surface area contributed by atoms with Crippen LogP contribution in [0.5, 0.6) is 0 Å². The first kappa shape index (κ1) is 40.8. The molecule has 1 aliphatic rings. The third-order valence-corrected chi connectivity index (χ3v) is 13.9. The molecule has 0 bridgehead atoms. The number of benzene rings is 5. The number of nitrogens with zero attached hydrogens (tertiary/aromatic N) is 3. The van der Waals surface area contributed by atoms with E-state index in [4.69, 9.17) is 15.0 Å². The van der Waals surface area contributed by atoms with Crippen LogP contribution in [0.3, 0.4) is 0 Å². The van der Waals surface area contributed by atoms with Gasteiger partial charge in [0.2, 0.25) is 0 Å². The first-order valence-electron chi connectivity index (χ1n) is 26.2. The predicted molar refractivity (Wildman–Crippen MR) is 282 cm³/mol. The van der Waals surface area contributed by atoms with Crippen LogP contribution in [-0.4, -0.2) is 15.0 Å². The van der Waals surface area contributed by atoms with Crippen LogP contribution in [-0.2, 0) is 41.8 Å². The van der Waals surface area contributed by atoms with Gasteiger partial charge >= 0.3 is 0 Å². The molecule has 0 N–H and O–H groups in total. The average Bonchev–Trinajstić information content (AvgIpc) is 3.92. The molecule has 5 aromatic carbocycles. The summed E-state index contributed by atoms with van der Waals surface area (Å²) in [6, 6.07) is 53.7. The van der Waals surface area contributed by atoms with Gasteiger partial charge in [-0.1, -0.05) is 195 Å². The molecule has 8 aromatic rings. The lowest BCUT2D eigenvalue weighted by Gasteiger charge is -2.28. The lowest BCUT2D eigenvalue weighted by molar-refractivity contribution is 0.512. The molecule has 0 atom stereocenters. The van der Waals surface area contributed by atoms with Crippen LogP contribution in [0.4, 0.5) is 0 Å². The molecular weight excluding hydrogens is 811 g/mol. The zero-order valence-corrected chi connectivity index (χ0v) is 40.4. The van der Waals surface area contributed by atoms with Crippen LogP contribution in [0.25, 0.3) is 44.9 Å². The summed E-state index contributed by atoms with van der Waals surface area (Å²) < 4.78 is 40.2. The van der Waals surface area contributed by atoms with E-state index in [1.54, 1.807) is 6.20 Å². The number of hydrogen-bond acceptors (Lipinski definition) is 3. The van der Waals surface area contributed by atoms with E-state index in [-0.39, 0.29) is 11.0 Å². The molecule has 3 heteroatoms. The van der Waals surface area contributed by atoms with Crippen molar-refractivity contribution in [3.8, 4) is 44.9 Å². The molecule has 0 amide bonds. The predicted octanol–water partition coefficient (Wildman–Crippen LogP) is 16.3. The van der Waals surface area contributed by atoms with Gasteiger partial charge in [-0.15, -0.1) is 0 Å². The lowest BCUT2D eigenvalue weighted by atomic mass is 9.77. The highest BCUT2D eigenvalue weighted by Crippen LogP contribution is 2.38. The van der Waals surface area contributed by atoms with E-state index in [9.17, 15) is 5.48 Å². The SMILES string of the molecule is [2H]C([2H])(c1cc(CC(C)(C)c2ccc(-c3ccccc3)nc2)cc(CC(C)(C)c2ccc(-c3ccccc3)nc2)c1)C([2H])([2H])c1cnc(-c2cccc(C(C)(C)C)c2)cc1-c1ccc(C2CCCC2)cc1. The smallest absolute Gasteiger partial charge is 0.0708 e. The van der Waals surface area contributed by atoms with Gasteiger partial charge in [-0.2, -0.15) is 0 Å². The van der Waals surface area contributed by atoms with Gasteiger partial charge in [0.15, 0.2) is 0 Å². The molecule has 1 saturated carbocycles. The van der Waals surface area contributed by atoms with Gasteiger partial charge < -0.3 is 0 Å². The summed E-state index contributed by atoms with van der Waals surface area (Å²) in [6.45, 7) is 15.4. The normalized spacial score (nSPS) is 14.9. The molecule has 3 heterocycles. The third kappa shape index (κ3) is 10.9. The van der Waals surface area contributed by atoms with Crippen LogP contribution in [0.15, 0.2) is 176 Å². The molecule has 0 saturated heterocycles. The molecule has 0 spiro atoms. The summed E-state index contributed by atoms with van der Waals surface area (Å²) in [5.74, 6) is 0.531. The van der Waals surface area contributed by atoms with Crippen molar-refractivity contribution in [2.24, 2.45) is 0 Å². The first-order valence-corrected chi connectivity index (χ1v) is 24.2. The quantitative estimate of drug-likeness (QED) is 0.109. The molecule has 9 rings (SSSR count). The van der Waals surface area contributed by atoms with E-state index in [1.807, 2.05) is 67.0 Å². The highest BCUT2D eigenvalue weighted by molar-refractivity contribution is 5.74. The zero-order valence-electron chi connectivity index (χ0n) is 44.4. The maximum absolute atomic E-state index is 10.1. The Morgan fingerprint density at radius 3 is 1.49 bits per heavy atom. The van der Waals surface area contributed by atoms with E-state index in [1.165, 1.54) is 36.8 Å². The molecule has 3 nitrogen and oxygen atoms in total. The number of aryl methyl sites for hydroxylation is 2. The highest BCUT2D eigenvalue weighted by Gasteiger charge is 2.26. The summed E-state index contributed by atoms with van der Waals surface area (Å²) in [5, 5.41) is 0. The number of rotatable bonds is 14. The molecular formula is C64H67N3. The van der Waals surface area contributed by atoms with E-state index >= 15 is 0 Å². The second-order valence-corrected chi connectivity index (χ2v) is 21.1. The zero-order chi connectivity index (χ0) is 50.2. The topological polar surface area (TPSA) is 38.7 Å².